The van der Waals surface area contributed by atoms with E-state index in [1.54, 1.807) is 0 Å². The van der Waals surface area contributed by atoms with Crippen LogP contribution >= 0.6 is 0 Å². The van der Waals surface area contributed by atoms with Crippen LogP contribution in [0, 0.1) is 0 Å². The molecule has 0 bridgehead atoms. The van der Waals surface area contributed by atoms with Gasteiger partial charge in [-0.25, -0.2) is 0 Å². The maximum Gasteiger partial charge on any atom is 0.164 e. The van der Waals surface area contributed by atoms with E-state index in [-0.39, 0.29) is 9.76 Å². The highest BCUT2D eigenvalue weighted by atomic mass is 28.2. The van der Waals surface area contributed by atoms with Crippen molar-refractivity contribution in [2.45, 2.75) is 25.8 Å². The highest BCUT2D eigenvalue weighted by Crippen LogP contribution is 2.09. The van der Waals surface area contributed by atoms with Crippen LogP contribution in [0.2, 0.25) is 5.54 Å². The molecule has 1 heterocycles. The molecule has 76 valence electrons. The van der Waals surface area contributed by atoms with Crippen LogP contribution in [0.3, 0.4) is 0 Å². The summed E-state index contributed by atoms with van der Waals surface area (Å²) >= 11 is 0. The van der Waals surface area contributed by atoms with Gasteiger partial charge in [0.2, 0.25) is 0 Å². The predicted molar refractivity (Wildman–Crippen MR) is 59.1 cm³/mol. The van der Waals surface area contributed by atoms with Gasteiger partial charge in [0.25, 0.3) is 0 Å². The third-order valence-corrected chi connectivity index (χ3v) is 3.90. The second-order valence-corrected chi connectivity index (χ2v) is 5.75. The molecule has 13 heavy (non-hydrogen) atoms. The normalized spacial score (nSPS) is 19.1. The maximum absolute atomic E-state index is 5.50. The van der Waals surface area contributed by atoms with E-state index in [1.807, 2.05) is 6.34 Å². The molecule has 0 aromatic rings. The van der Waals surface area contributed by atoms with Gasteiger partial charge in [-0.2, -0.15) is 0 Å². The van der Waals surface area contributed by atoms with Crippen LogP contribution < -0.4 is 0 Å². The Kier molecular flexibility index (Phi) is 5.08. The molecule has 0 fully saturated rings. The molecule has 0 aliphatic carbocycles. The van der Waals surface area contributed by atoms with Gasteiger partial charge in [0.15, 0.2) is 9.76 Å². The average Bonchev–Trinajstić information content (AvgIpc) is 2.64. The Labute approximate surface area is 83.1 Å². The van der Waals surface area contributed by atoms with Crippen LogP contribution in [0.4, 0.5) is 0 Å². The molecule has 0 spiro atoms. The summed E-state index contributed by atoms with van der Waals surface area (Å²) in [6.07, 6.45) is 3.24. The molecule has 1 aliphatic heterocycles. The zero-order valence-corrected chi connectivity index (χ0v) is 10.1. The zero-order valence-electron chi connectivity index (χ0n) is 8.70. The highest BCUT2D eigenvalue weighted by Gasteiger charge is 2.08. The molecule has 0 radical (unpaired) electrons. The number of hydrogen-bond donors (Lipinski definition) is 0. The molecule has 0 N–H and O–H groups in total. The minimum Gasteiger partial charge on any atom is -0.424 e. The quantitative estimate of drug-likeness (QED) is 0.588. The summed E-state index contributed by atoms with van der Waals surface area (Å²) in [6.45, 7) is 8.52. The molecule has 0 saturated heterocycles. The van der Waals surface area contributed by atoms with Crippen molar-refractivity contribution in [1.82, 2.24) is 4.90 Å². The number of rotatable bonds is 6. The molecule has 0 amide bonds. The van der Waals surface area contributed by atoms with Crippen molar-refractivity contribution < 1.29 is 4.43 Å². The van der Waals surface area contributed by atoms with E-state index in [0.717, 1.165) is 31.8 Å². The lowest BCUT2D eigenvalue weighted by molar-refractivity contribution is 0.348. The SMILES string of the molecule is CCO[SiH2]C(C)CCN1C=NCC1. The summed E-state index contributed by atoms with van der Waals surface area (Å²) in [6, 6.07) is 0. The lowest BCUT2D eigenvalue weighted by Gasteiger charge is -2.16. The third-order valence-electron chi connectivity index (χ3n) is 2.28. The van der Waals surface area contributed by atoms with Crippen molar-refractivity contribution in [2.75, 3.05) is 26.2 Å². The van der Waals surface area contributed by atoms with Crippen LogP contribution in [0.5, 0.6) is 0 Å². The second-order valence-electron chi connectivity index (χ2n) is 3.61. The van der Waals surface area contributed by atoms with Gasteiger partial charge in [-0.3, -0.25) is 4.99 Å². The minimum absolute atomic E-state index is 0.273. The largest absolute Gasteiger partial charge is 0.424 e. The van der Waals surface area contributed by atoms with E-state index >= 15 is 0 Å². The van der Waals surface area contributed by atoms with E-state index < -0.39 is 0 Å². The first-order chi connectivity index (χ1) is 6.33. The molecular weight excluding hydrogens is 180 g/mol. The lowest BCUT2D eigenvalue weighted by atomic mass is 10.3. The number of nitrogens with zero attached hydrogens (tertiary/aromatic N) is 2. The Morgan fingerprint density at radius 2 is 2.54 bits per heavy atom. The fraction of sp³-hybridized carbons (Fsp3) is 0.889. The molecule has 1 atom stereocenters. The molecule has 3 nitrogen and oxygen atoms in total. The first-order valence-corrected chi connectivity index (χ1v) is 6.54. The maximum atomic E-state index is 5.50. The highest BCUT2D eigenvalue weighted by molar-refractivity contribution is 6.29. The first kappa shape index (κ1) is 10.7. The summed E-state index contributed by atoms with van der Waals surface area (Å²) in [5, 5.41) is 0. The van der Waals surface area contributed by atoms with E-state index in [4.69, 9.17) is 4.43 Å². The van der Waals surface area contributed by atoms with E-state index in [2.05, 4.69) is 23.7 Å². The summed E-state index contributed by atoms with van der Waals surface area (Å²) < 4.78 is 5.50. The molecule has 1 unspecified atom stereocenters. The van der Waals surface area contributed by atoms with Crippen LogP contribution in [-0.2, 0) is 4.43 Å². The topological polar surface area (TPSA) is 24.8 Å². The van der Waals surface area contributed by atoms with Gasteiger partial charge >= 0.3 is 0 Å². The molecule has 0 aromatic carbocycles. The molecule has 0 aromatic heterocycles. The summed E-state index contributed by atoms with van der Waals surface area (Å²) in [5.41, 5.74) is 0.800. The van der Waals surface area contributed by atoms with Gasteiger partial charge in [-0.15, -0.1) is 0 Å². The van der Waals surface area contributed by atoms with Crippen molar-refractivity contribution >= 4 is 16.1 Å². The van der Waals surface area contributed by atoms with Gasteiger partial charge in [0.05, 0.1) is 12.9 Å². The Morgan fingerprint density at radius 3 is 3.15 bits per heavy atom. The first-order valence-electron chi connectivity index (χ1n) is 5.14. The van der Waals surface area contributed by atoms with Gasteiger partial charge in [-0.05, 0) is 18.9 Å². The van der Waals surface area contributed by atoms with Crippen LogP contribution in [0.15, 0.2) is 4.99 Å². The number of aliphatic imine (C=N–C) groups is 1. The van der Waals surface area contributed by atoms with Crippen molar-refractivity contribution in [3.05, 3.63) is 0 Å². The van der Waals surface area contributed by atoms with Crippen molar-refractivity contribution in [3.63, 3.8) is 0 Å². The van der Waals surface area contributed by atoms with Gasteiger partial charge in [0.1, 0.15) is 0 Å². The van der Waals surface area contributed by atoms with Crippen LogP contribution in [0.1, 0.15) is 20.3 Å². The fourth-order valence-electron chi connectivity index (χ4n) is 1.38. The third kappa shape index (κ3) is 4.43. The van der Waals surface area contributed by atoms with Crippen LogP contribution in [-0.4, -0.2) is 47.2 Å². The lowest BCUT2D eigenvalue weighted by Crippen LogP contribution is -2.22. The monoisotopic (exact) mass is 200 g/mol. The summed E-state index contributed by atoms with van der Waals surface area (Å²) in [7, 11) is -0.273. The number of hydrogen-bond acceptors (Lipinski definition) is 3. The van der Waals surface area contributed by atoms with Crippen molar-refractivity contribution in [1.29, 1.82) is 0 Å². The fourth-order valence-corrected chi connectivity index (χ4v) is 2.36. The predicted octanol–water partition coefficient (Wildman–Crippen LogP) is 0.649. The minimum atomic E-state index is -0.273. The van der Waals surface area contributed by atoms with Crippen LogP contribution in [0.25, 0.3) is 0 Å². The summed E-state index contributed by atoms with van der Waals surface area (Å²) in [5.74, 6) is 0. The molecule has 1 aliphatic rings. The zero-order chi connectivity index (χ0) is 9.52. The van der Waals surface area contributed by atoms with E-state index in [9.17, 15) is 0 Å². The second kappa shape index (κ2) is 6.15. The van der Waals surface area contributed by atoms with E-state index in [0.29, 0.717) is 0 Å². The smallest absolute Gasteiger partial charge is 0.164 e. The van der Waals surface area contributed by atoms with Gasteiger partial charge < -0.3 is 9.33 Å². The van der Waals surface area contributed by atoms with Gasteiger partial charge in [-0.1, -0.05) is 6.92 Å². The van der Waals surface area contributed by atoms with Crippen molar-refractivity contribution in [3.8, 4) is 0 Å². The van der Waals surface area contributed by atoms with Crippen molar-refractivity contribution in [2.24, 2.45) is 4.99 Å². The Morgan fingerprint density at radius 1 is 1.69 bits per heavy atom. The summed E-state index contributed by atoms with van der Waals surface area (Å²) in [4.78, 5) is 6.49. The Hall–Kier alpha value is -0.353. The molecular formula is C9H20N2OSi. The Balaban J connectivity index is 2.00. The molecule has 0 saturated carbocycles. The average molecular weight is 200 g/mol. The van der Waals surface area contributed by atoms with Gasteiger partial charge in [0, 0.05) is 19.7 Å². The molecule has 4 heteroatoms. The Bertz CT molecular complexity index is 164. The standard InChI is InChI=1S/C9H20N2OSi/c1-3-12-13-9(2)4-6-11-7-5-10-8-11/h8-9H,3-7,13H2,1-2H3. The molecule has 1 rings (SSSR count). The van der Waals surface area contributed by atoms with E-state index in [1.165, 1.54) is 6.42 Å².